The van der Waals surface area contributed by atoms with E-state index in [-0.39, 0.29) is 5.69 Å². The Hall–Kier alpha value is -1.68. The van der Waals surface area contributed by atoms with Gasteiger partial charge in [-0.2, -0.15) is 0 Å². The van der Waals surface area contributed by atoms with E-state index in [1.54, 1.807) is 12.1 Å². The molecule has 0 saturated heterocycles. The van der Waals surface area contributed by atoms with Crippen molar-refractivity contribution in [1.82, 2.24) is 0 Å². The molecular formula is C9H10N2O2. The predicted octanol–water partition coefficient (Wildman–Crippen LogP) is 1.70. The predicted molar refractivity (Wildman–Crippen MR) is 51.1 cm³/mol. The normalized spacial score (nSPS) is 9.62. The van der Waals surface area contributed by atoms with E-state index in [2.05, 4.69) is 6.58 Å². The molecule has 0 fully saturated rings. The molecule has 4 heteroatoms. The molecule has 4 nitrogen and oxygen atoms in total. The molecule has 0 aromatic heterocycles. The topological polar surface area (TPSA) is 69.2 Å². The maximum atomic E-state index is 10.6. The van der Waals surface area contributed by atoms with Crippen LogP contribution in [-0.2, 0) is 6.54 Å². The first-order valence-electron chi connectivity index (χ1n) is 3.79. The molecule has 0 spiro atoms. The molecule has 68 valence electrons. The molecule has 0 atom stereocenters. The van der Waals surface area contributed by atoms with E-state index in [4.69, 9.17) is 5.73 Å². The summed E-state index contributed by atoms with van der Waals surface area (Å²) < 4.78 is 0. The molecule has 0 heterocycles. The maximum Gasteiger partial charge on any atom is 0.276 e. The maximum absolute atomic E-state index is 10.6. The molecule has 0 radical (unpaired) electrons. The average Bonchev–Trinajstić information content (AvgIpc) is 2.16. The second kappa shape index (κ2) is 3.82. The van der Waals surface area contributed by atoms with Gasteiger partial charge < -0.3 is 5.73 Å². The molecule has 0 bridgehead atoms. The lowest BCUT2D eigenvalue weighted by Crippen LogP contribution is -1.98. The van der Waals surface area contributed by atoms with Crippen LogP contribution in [0.5, 0.6) is 0 Å². The van der Waals surface area contributed by atoms with Crippen molar-refractivity contribution in [1.29, 1.82) is 0 Å². The molecule has 0 saturated carbocycles. The minimum Gasteiger partial charge on any atom is -0.326 e. The molecule has 0 amide bonds. The molecule has 1 aromatic rings. The molecule has 1 aromatic carbocycles. The SMILES string of the molecule is C=Cc1ccc(CN)cc1[N+](=O)[O-]. The van der Waals surface area contributed by atoms with Crippen LogP contribution in [0.4, 0.5) is 5.69 Å². The Morgan fingerprint density at radius 2 is 2.31 bits per heavy atom. The highest BCUT2D eigenvalue weighted by Crippen LogP contribution is 2.20. The van der Waals surface area contributed by atoms with Gasteiger partial charge in [0.25, 0.3) is 5.69 Å². The summed E-state index contributed by atoms with van der Waals surface area (Å²) in [7, 11) is 0. The third-order valence-electron chi connectivity index (χ3n) is 1.75. The number of hydrogen-bond donors (Lipinski definition) is 1. The number of hydrogen-bond acceptors (Lipinski definition) is 3. The Morgan fingerprint density at radius 3 is 2.77 bits per heavy atom. The van der Waals surface area contributed by atoms with Gasteiger partial charge in [-0.25, -0.2) is 0 Å². The highest BCUT2D eigenvalue weighted by molar-refractivity contribution is 5.60. The van der Waals surface area contributed by atoms with Crippen LogP contribution in [0.15, 0.2) is 24.8 Å². The molecule has 0 aliphatic rings. The van der Waals surface area contributed by atoms with E-state index in [9.17, 15) is 10.1 Å². The second-order valence-corrected chi connectivity index (χ2v) is 2.56. The van der Waals surface area contributed by atoms with Gasteiger partial charge >= 0.3 is 0 Å². The van der Waals surface area contributed by atoms with E-state index in [0.717, 1.165) is 5.56 Å². The zero-order valence-electron chi connectivity index (χ0n) is 7.06. The molecular weight excluding hydrogens is 168 g/mol. The van der Waals surface area contributed by atoms with Gasteiger partial charge in [-0.15, -0.1) is 0 Å². The second-order valence-electron chi connectivity index (χ2n) is 2.56. The molecule has 0 unspecified atom stereocenters. The standard InChI is InChI=1S/C9H10N2O2/c1-2-8-4-3-7(6-10)5-9(8)11(12)13/h2-5H,1,6,10H2. The fraction of sp³-hybridized carbons (Fsp3) is 0.111. The van der Waals surface area contributed by atoms with Crippen LogP contribution in [0, 0.1) is 10.1 Å². The Morgan fingerprint density at radius 1 is 1.62 bits per heavy atom. The van der Waals surface area contributed by atoms with Gasteiger partial charge in [0.2, 0.25) is 0 Å². The summed E-state index contributed by atoms with van der Waals surface area (Å²) in [5.41, 5.74) is 6.68. The molecule has 0 aliphatic carbocycles. The third kappa shape index (κ3) is 1.91. The van der Waals surface area contributed by atoms with Crippen LogP contribution in [-0.4, -0.2) is 4.92 Å². The number of rotatable bonds is 3. The van der Waals surface area contributed by atoms with Crippen molar-refractivity contribution in [2.75, 3.05) is 0 Å². The van der Waals surface area contributed by atoms with Gasteiger partial charge in [-0.05, 0) is 11.6 Å². The number of benzene rings is 1. The van der Waals surface area contributed by atoms with Crippen LogP contribution < -0.4 is 5.73 Å². The van der Waals surface area contributed by atoms with Crippen molar-refractivity contribution in [3.63, 3.8) is 0 Å². The van der Waals surface area contributed by atoms with E-state index in [1.165, 1.54) is 12.1 Å². The molecule has 0 aliphatic heterocycles. The first-order valence-corrected chi connectivity index (χ1v) is 3.79. The van der Waals surface area contributed by atoms with Gasteiger partial charge in [0.1, 0.15) is 0 Å². The number of nitrogens with zero attached hydrogens (tertiary/aromatic N) is 1. The smallest absolute Gasteiger partial charge is 0.276 e. The van der Waals surface area contributed by atoms with Crippen molar-refractivity contribution in [3.05, 3.63) is 46.0 Å². The largest absolute Gasteiger partial charge is 0.326 e. The van der Waals surface area contributed by atoms with Crippen LogP contribution in [0.2, 0.25) is 0 Å². The van der Waals surface area contributed by atoms with E-state index >= 15 is 0 Å². The van der Waals surface area contributed by atoms with Gasteiger partial charge in [0, 0.05) is 12.6 Å². The summed E-state index contributed by atoms with van der Waals surface area (Å²) >= 11 is 0. The van der Waals surface area contributed by atoms with Crippen molar-refractivity contribution in [2.24, 2.45) is 5.73 Å². The molecule has 13 heavy (non-hydrogen) atoms. The van der Waals surface area contributed by atoms with Gasteiger partial charge in [-0.1, -0.05) is 18.7 Å². The van der Waals surface area contributed by atoms with E-state index < -0.39 is 4.92 Å². The van der Waals surface area contributed by atoms with Gasteiger partial charge in [0.05, 0.1) is 10.5 Å². The van der Waals surface area contributed by atoms with Crippen molar-refractivity contribution in [3.8, 4) is 0 Å². The van der Waals surface area contributed by atoms with Crippen LogP contribution >= 0.6 is 0 Å². The summed E-state index contributed by atoms with van der Waals surface area (Å²) in [4.78, 5) is 10.1. The lowest BCUT2D eigenvalue weighted by Gasteiger charge is -1.99. The monoisotopic (exact) mass is 178 g/mol. The zero-order chi connectivity index (χ0) is 9.84. The fourth-order valence-electron chi connectivity index (χ4n) is 1.05. The summed E-state index contributed by atoms with van der Waals surface area (Å²) in [6, 6.07) is 4.87. The minimum atomic E-state index is -0.434. The lowest BCUT2D eigenvalue weighted by atomic mass is 10.1. The number of nitrogens with two attached hydrogens (primary N) is 1. The quantitative estimate of drug-likeness (QED) is 0.565. The Balaban J connectivity index is 3.25. The van der Waals surface area contributed by atoms with Crippen LogP contribution in [0.25, 0.3) is 6.08 Å². The van der Waals surface area contributed by atoms with Crippen molar-refractivity contribution >= 4 is 11.8 Å². The van der Waals surface area contributed by atoms with Crippen LogP contribution in [0.3, 0.4) is 0 Å². The molecule has 2 N–H and O–H groups in total. The number of nitro groups is 1. The van der Waals surface area contributed by atoms with Gasteiger partial charge in [0.15, 0.2) is 0 Å². The van der Waals surface area contributed by atoms with Crippen LogP contribution in [0.1, 0.15) is 11.1 Å². The lowest BCUT2D eigenvalue weighted by molar-refractivity contribution is -0.385. The Kier molecular flexibility index (Phi) is 2.76. The highest BCUT2D eigenvalue weighted by atomic mass is 16.6. The highest BCUT2D eigenvalue weighted by Gasteiger charge is 2.10. The van der Waals surface area contributed by atoms with E-state index in [1.807, 2.05) is 0 Å². The van der Waals surface area contributed by atoms with E-state index in [0.29, 0.717) is 12.1 Å². The van der Waals surface area contributed by atoms with Crippen molar-refractivity contribution in [2.45, 2.75) is 6.54 Å². The zero-order valence-corrected chi connectivity index (χ0v) is 7.06. The summed E-state index contributed by atoms with van der Waals surface area (Å²) in [5.74, 6) is 0. The summed E-state index contributed by atoms with van der Waals surface area (Å²) in [5, 5.41) is 10.6. The summed E-state index contributed by atoms with van der Waals surface area (Å²) in [6.07, 6.45) is 1.46. The summed E-state index contributed by atoms with van der Waals surface area (Å²) in [6.45, 7) is 3.80. The first kappa shape index (κ1) is 9.41. The minimum absolute atomic E-state index is 0.0537. The van der Waals surface area contributed by atoms with Gasteiger partial charge in [-0.3, -0.25) is 10.1 Å². The Labute approximate surface area is 75.8 Å². The number of nitro benzene ring substituents is 1. The third-order valence-corrected chi connectivity index (χ3v) is 1.75. The molecule has 1 rings (SSSR count). The Bertz CT molecular complexity index is 347. The van der Waals surface area contributed by atoms with Crippen molar-refractivity contribution < 1.29 is 4.92 Å². The average molecular weight is 178 g/mol. The first-order chi connectivity index (χ1) is 6.19. The fourth-order valence-corrected chi connectivity index (χ4v) is 1.05.